The lowest BCUT2D eigenvalue weighted by atomic mass is 10.0. The lowest BCUT2D eigenvalue weighted by molar-refractivity contribution is 0.405. The Morgan fingerprint density at radius 1 is 1.36 bits per heavy atom. The number of benzene rings is 1. The summed E-state index contributed by atoms with van der Waals surface area (Å²) in [5.74, 6) is 3.16. The molecule has 1 aromatic carbocycles. The number of methoxy groups -OCH3 is 1. The number of rotatable bonds is 8. The molecule has 0 saturated carbocycles. The number of aryl methyl sites for hydroxylation is 1. The van der Waals surface area contributed by atoms with Gasteiger partial charge in [-0.15, -0.1) is 0 Å². The molecule has 1 atom stereocenters. The third-order valence-electron chi connectivity index (χ3n) is 4.53. The van der Waals surface area contributed by atoms with Gasteiger partial charge in [0.2, 0.25) is 10.0 Å². The highest BCUT2D eigenvalue weighted by Crippen LogP contribution is 2.26. The molecule has 0 aliphatic carbocycles. The summed E-state index contributed by atoms with van der Waals surface area (Å²) in [6, 6.07) is 6.01. The molecule has 2 N–H and O–H groups in total. The Morgan fingerprint density at radius 2 is 2.07 bits per heavy atom. The van der Waals surface area contributed by atoms with Crippen LogP contribution in [0.4, 0.5) is 0 Å². The smallest absolute Gasteiger partial charge is 0.215 e. The third kappa shape index (κ3) is 6.56. The summed E-state index contributed by atoms with van der Waals surface area (Å²) in [4.78, 5) is 4.48. The molecule has 9 heteroatoms. The van der Waals surface area contributed by atoms with E-state index in [-0.39, 0.29) is 18.3 Å². The molecule has 158 valence electrons. The first kappa shape index (κ1) is 22.8. The van der Waals surface area contributed by atoms with Crippen molar-refractivity contribution >= 4 is 27.7 Å². The Labute approximate surface area is 173 Å². The highest BCUT2D eigenvalue weighted by Gasteiger charge is 2.23. The van der Waals surface area contributed by atoms with Crippen molar-refractivity contribution in [2.75, 3.05) is 50.5 Å². The Kier molecular flexibility index (Phi) is 8.91. The van der Waals surface area contributed by atoms with Crippen molar-refractivity contribution in [1.29, 1.82) is 0 Å². The molecular formula is C19H32N4O3S2. The summed E-state index contributed by atoms with van der Waals surface area (Å²) in [5, 5.41) is 6.54. The number of nitrogens with one attached hydrogen (secondary N) is 2. The van der Waals surface area contributed by atoms with Gasteiger partial charge in [-0.3, -0.25) is 4.99 Å². The lowest BCUT2D eigenvalue weighted by Crippen LogP contribution is -2.41. The van der Waals surface area contributed by atoms with Gasteiger partial charge >= 0.3 is 0 Å². The first-order valence-corrected chi connectivity index (χ1v) is 12.4. The topological polar surface area (TPSA) is 83.0 Å². The largest absolute Gasteiger partial charge is 0.496 e. The fraction of sp³-hybridized carbons (Fsp3) is 0.632. The maximum atomic E-state index is 12.5. The number of aliphatic imine (C=N–C) groups is 1. The second kappa shape index (κ2) is 10.9. The first-order chi connectivity index (χ1) is 13.4. The van der Waals surface area contributed by atoms with Crippen LogP contribution in [-0.4, -0.2) is 69.2 Å². The minimum absolute atomic E-state index is 0.0242. The number of hydrogen-bond acceptors (Lipinski definition) is 5. The van der Waals surface area contributed by atoms with E-state index in [0.29, 0.717) is 25.6 Å². The minimum atomic E-state index is -3.25. The zero-order valence-corrected chi connectivity index (χ0v) is 18.8. The molecule has 1 fully saturated rings. The molecule has 0 bridgehead atoms. The van der Waals surface area contributed by atoms with Crippen LogP contribution in [0.25, 0.3) is 0 Å². The fourth-order valence-electron chi connectivity index (χ4n) is 3.02. The Bertz CT molecular complexity index is 762. The monoisotopic (exact) mass is 428 g/mol. The van der Waals surface area contributed by atoms with Crippen molar-refractivity contribution in [2.24, 2.45) is 4.99 Å². The van der Waals surface area contributed by atoms with Gasteiger partial charge in [0.15, 0.2) is 5.96 Å². The maximum Gasteiger partial charge on any atom is 0.215 e. The van der Waals surface area contributed by atoms with Crippen molar-refractivity contribution in [3.8, 4) is 5.75 Å². The first-order valence-electron chi connectivity index (χ1n) is 9.62. The highest BCUT2D eigenvalue weighted by atomic mass is 32.2. The second-order valence-corrected chi connectivity index (χ2v) is 10.0. The molecule has 1 aliphatic heterocycles. The van der Waals surface area contributed by atoms with Crippen LogP contribution in [0.15, 0.2) is 23.2 Å². The van der Waals surface area contributed by atoms with Gasteiger partial charge in [-0.25, -0.2) is 12.7 Å². The van der Waals surface area contributed by atoms with Crippen molar-refractivity contribution in [2.45, 2.75) is 26.8 Å². The Hall–Kier alpha value is -1.45. The Morgan fingerprint density at radius 3 is 2.71 bits per heavy atom. The predicted octanol–water partition coefficient (Wildman–Crippen LogP) is 2.00. The number of sulfonamides is 1. The molecular weight excluding hydrogens is 396 g/mol. The highest BCUT2D eigenvalue weighted by molar-refractivity contribution is 7.99. The van der Waals surface area contributed by atoms with Crippen LogP contribution in [0.5, 0.6) is 5.75 Å². The normalized spacial score (nSPS) is 17.2. The number of hydrogen-bond donors (Lipinski definition) is 2. The van der Waals surface area contributed by atoms with Crippen molar-refractivity contribution in [3.05, 3.63) is 29.3 Å². The predicted molar refractivity (Wildman–Crippen MR) is 118 cm³/mol. The number of guanidine groups is 1. The van der Waals surface area contributed by atoms with Gasteiger partial charge in [0, 0.05) is 36.7 Å². The van der Waals surface area contributed by atoms with E-state index in [0.717, 1.165) is 28.4 Å². The van der Waals surface area contributed by atoms with Crippen molar-refractivity contribution in [3.63, 3.8) is 0 Å². The Balaban J connectivity index is 2.03. The molecule has 0 aromatic heterocycles. The summed E-state index contributed by atoms with van der Waals surface area (Å²) >= 11 is 1.79. The van der Waals surface area contributed by atoms with Gasteiger partial charge in [-0.1, -0.05) is 17.7 Å². The molecule has 1 unspecified atom stereocenters. The van der Waals surface area contributed by atoms with Crippen LogP contribution in [0.3, 0.4) is 0 Å². The zero-order chi connectivity index (χ0) is 20.6. The van der Waals surface area contributed by atoms with E-state index >= 15 is 0 Å². The van der Waals surface area contributed by atoms with E-state index in [1.807, 2.05) is 32.9 Å². The quantitative estimate of drug-likeness (QED) is 0.487. The van der Waals surface area contributed by atoms with Crippen LogP contribution < -0.4 is 15.4 Å². The van der Waals surface area contributed by atoms with E-state index in [9.17, 15) is 8.42 Å². The molecule has 1 aromatic rings. The van der Waals surface area contributed by atoms with E-state index in [2.05, 4.69) is 21.7 Å². The standard InChI is InChI=1S/C19H32N4O3S2/c1-5-20-19(21-8-13-28(24,25)23-9-11-27-12-10-23)22-16(3)17-14-15(2)6-7-18(17)26-4/h6-7,14,16H,5,8-13H2,1-4H3,(H2,20,21,22). The van der Waals surface area contributed by atoms with Crippen LogP contribution in [0.2, 0.25) is 0 Å². The molecule has 0 radical (unpaired) electrons. The molecule has 0 spiro atoms. The van der Waals surface area contributed by atoms with Crippen molar-refractivity contribution < 1.29 is 13.2 Å². The third-order valence-corrected chi connectivity index (χ3v) is 7.32. The summed E-state index contributed by atoms with van der Waals surface area (Å²) in [7, 11) is -1.60. The van der Waals surface area contributed by atoms with E-state index in [1.165, 1.54) is 0 Å². The average Bonchev–Trinajstić information content (AvgIpc) is 2.68. The van der Waals surface area contributed by atoms with E-state index < -0.39 is 10.0 Å². The molecule has 28 heavy (non-hydrogen) atoms. The molecule has 7 nitrogen and oxygen atoms in total. The minimum Gasteiger partial charge on any atom is -0.496 e. The van der Waals surface area contributed by atoms with Gasteiger partial charge in [0.05, 0.1) is 25.4 Å². The molecule has 1 aliphatic rings. The fourth-order valence-corrected chi connectivity index (χ4v) is 5.48. The SMILES string of the molecule is CCNC(=NCCS(=O)(=O)N1CCSCC1)NC(C)c1cc(C)ccc1OC. The zero-order valence-electron chi connectivity index (χ0n) is 17.2. The van der Waals surface area contributed by atoms with Crippen LogP contribution in [0, 0.1) is 6.92 Å². The van der Waals surface area contributed by atoms with Gasteiger partial charge in [0.1, 0.15) is 5.75 Å². The van der Waals surface area contributed by atoms with Crippen LogP contribution in [-0.2, 0) is 10.0 Å². The van der Waals surface area contributed by atoms with Gasteiger partial charge in [-0.2, -0.15) is 11.8 Å². The summed E-state index contributed by atoms with van der Waals surface area (Å²) in [6.07, 6.45) is 0. The lowest BCUT2D eigenvalue weighted by Gasteiger charge is -2.25. The van der Waals surface area contributed by atoms with Crippen LogP contribution in [0.1, 0.15) is 31.0 Å². The van der Waals surface area contributed by atoms with E-state index in [1.54, 1.807) is 23.2 Å². The van der Waals surface area contributed by atoms with Gasteiger partial charge in [-0.05, 0) is 26.8 Å². The molecule has 1 heterocycles. The van der Waals surface area contributed by atoms with Gasteiger partial charge < -0.3 is 15.4 Å². The van der Waals surface area contributed by atoms with Crippen molar-refractivity contribution in [1.82, 2.24) is 14.9 Å². The molecule has 2 rings (SSSR count). The summed E-state index contributed by atoms with van der Waals surface area (Å²) in [6.45, 7) is 8.17. The summed E-state index contributed by atoms with van der Waals surface area (Å²) in [5.41, 5.74) is 2.18. The molecule has 1 saturated heterocycles. The maximum absolute atomic E-state index is 12.5. The second-order valence-electron chi connectivity index (χ2n) is 6.70. The summed E-state index contributed by atoms with van der Waals surface area (Å²) < 4.78 is 32.0. The average molecular weight is 429 g/mol. The number of nitrogens with zero attached hydrogens (tertiary/aromatic N) is 2. The molecule has 0 amide bonds. The van der Waals surface area contributed by atoms with Crippen LogP contribution >= 0.6 is 11.8 Å². The van der Waals surface area contributed by atoms with E-state index in [4.69, 9.17) is 4.74 Å². The van der Waals surface area contributed by atoms with Gasteiger partial charge in [0.25, 0.3) is 0 Å². The number of thioether (sulfide) groups is 1. The number of ether oxygens (including phenoxy) is 1.